The van der Waals surface area contributed by atoms with E-state index >= 15 is 0 Å². The minimum atomic E-state index is 0.784. The van der Waals surface area contributed by atoms with Crippen molar-refractivity contribution in [2.45, 2.75) is 26.2 Å². The fourth-order valence-electron chi connectivity index (χ4n) is 3.19. The van der Waals surface area contributed by atoms with Gasteiger partial charge < -0.3 is 15.0 Å². The second kappa shape index (κ2) is 5.25. The minimum absolute atomic E-state index is 0.784. The summed E-state index contributed by atoms with van der Waals surface area (Å²) in [7, 11) is 1.78. The van der Waals surface area contributed by atoms with Gasteiger partial charge >= 0.3 is 0 Å². The molecular formula is C16H22N2O. The van der Waals surface area contributed by atoms with Crippen LogP contribution >= 0.6 is 0 Å². The zero-order chi connectivity index (χ0) is 13.2. The molecule has 1 aliphatic heterocycles. The molecular weight excluding hydrogens is 236 g/mol. The van der Waals surface area contributed by atoms with E-state index in [1.54, 1.807) is 7.11 Å². The first-order valence-corrected chi connectivity index (χ1v) is 7.14. The molecule has 1 aliphatic rings. The van der Waals surface area contributed by atoms with Crippen molar-refractivity contribution in [3.05, 3.63) is 29.5 Å². The van der Waals surface area contributed by atoms with Gasteiger partial charge in [0.1, 0.15) is 5.75 Å². The largest absolute Gasteiger partial charge is 0.496 e. The maximum absolute atomic E-state index is 5.70. The van der Waals surface area contributed by atoms with E-state index in [4.69, 9.17) is 4.74 Å². The zero-order valence-corrected chi connectivity index (χ0v) is 11.8. The Labute approximate surface area is 114 Å². The molecule has 0 saturated carbocycles. The topological polar surface area (TPSA) is 37.0 Å². The summed E-state index contributed by atoms with van der Waals surface area (Å²) >= 11 is 0. The van der Waals surface area contributed by atoms with Crippen LogP contribution in [-0.4, -0.2) is 25.2 Å². The molecule has 1 aromatic heterocycles. The predicted molar refractivity (Wildman–Crippen MR) is 78.9 cm³/mol. The molecule has 0 aliphatic carbocycles. The van der Waals surface area contributed by atoms with Crippen molar-refractivity contribution in [2.24, 2.45) is 5.92 Å². The number of benzene rings is 1. The summed E-state index contributed by atoms with van der Waals surface area (Å²) in [6.45, 7) is 4.44. The molecule has 1 aromatic carbocycles. The van der Waals surface area contributed by atoms with Gasteiger partial charge in [0.2, 0.25) is 0 Å². The normalized spacial score (nSPS) is 16.9. The third-order valence-corrected chi connectivity index (χ3v) is 4.25. The van der Waals surface area contributed by atoms with E-state index < -0.39 is 0 Å². The Hall–Kier alpha value is -1.48. The van der Waals surface area contributed by atoms with Crippen LogP contribution in [0.4, 0.5) is 0 Å². The van der Waals surface area contributed by atoms with Crippen LogP contribution in [0.15, 0.2) is 18.3 Å². The summed E-state index contributed by atoms with van der Waals surface area (Å²) in [6, 6.07) is 4.40. The Morgan fingerprint density at radius 1 is 1.26 bits per heavy atom. The number of rotatable bonds is 3. The number of methoxy groups -OCH3 is 1. The lowest BCUT2D eigenvalue weighted by Gasteiger charge is -2.23. The quantitative estimate of drug-likeness (QED) is 0.888. The molecule has 0 atom stereocenters. The number of ether oxygens (including phenoxy) is 1. The van der Waals surface area contributed by atoms with Crippen LogP contribution < -0.4 is 10.1 Å². The summed E-state index contributed by atoms with van der Waals surface area (Å²) in [4.78, 5) is 3.30. The van der Waals surface area contributed by atoms with E-state index in [2.05, 4.69) is 35.6 Å². The Kier molecular flexibility index (Phi) is 3.47. The second-order valence-corrected chi connectivity index (χ2v) is 5.55. The van der Waals surface area contributed by atoms with Crippen LogP contribution in [0.1, 0.15) is 24.0 Å². The van der Waals surface area contributed by atoms with E-state index in [0.29, 0.717) is 0 Å². The fourth-order valence-corrected chi connectivity index (χ4v) is 3.19. The number of nitrogens with one attached hydrogen (secondary N) is 2. The lowest BCUT2D eigenvalue weighted by molar-refractivity contribution is 0.362. The average Bonchev–Trinajstić information content (AvgIpc) is 2.82. The van der Waals surface area contributed by atoms with Gasteiger partial charge in [0, 0.05) is 17.1 Å². The van der Waals surface area contributed by atoms with Crippen molar-refractivity contribution in [1.29, 1.82) is 0 Å². The molecule has 1 saturated heterocycles. The molecule has 0 spiro atoms. The van der Waals surface area contributed by atoms with Gasteiger partial charge in [-0.25, -0.2) is 0 Å². The SMILES string of the molecule is COc1c(CC2CCNCC2)ccc2[nH]cc(C)c12. The molecule has 19 heavy (non-hydrogen) atoms. The van der Waals surface area contributed by atoms with Crippen molar-refractivity contribution < 1.29 is 4.74 Å². The van der Waals surface area contributed by atoms with Gasteiger partial charge in [-0.3, -0.25) is 0 Å². The molecule has 0 bridgehead atoms. The Morgan fingerprint density at radius 3 is 2.79 bits per heavy atom. The first kappa shape index (κ1) is 12.5. The number of fused-ring (bicyclic) bond motifs is 1. The monoisotopic (exact) mass is 258 g/mol. The lowest BCUT2D eigenvalue weighted by atomic mass is 9.90. The summed E-state index contributed by atoms with van der Waals surface area (Å²) in [6.07, 6.45) is 5.73. The van der Waals surface area contributed by atoms with Crippen LogP contribution in [0.5, 0.6) is 5.75 Å². The number of hydrogen-bond acceptors (Lipinski definition) is 2. The standard InChI is InChI=1S/C16H22N2O/c1-11-10-18-14-4-3-13(16(19-2)15(11)14)9-12-5-7-17-8-6-12/h3-4,10,12,17-18H,5-9H2,1-2H3. The van der Waals surface area contributed by atoms with Crippen molar-refractivity contribution >= 4 is 10.9 Å². The number of piperidine rings is 1. The van der Waals surface area contributed by atoms with E-state index in [1.807, 2.05) is 0 Å². The minimum Gasteiger partial charge on any atom is -0.496 e. The van der Waals surface area contributed by atoms with Crippen molar-refractivity contribution in [3.63, 3.8) is 0 Å². The average molecular weight is 258 g/mol. The number of aromatic nitrogens is 1. The summed E-state index contributed by atoms with van der Waals surface area (Å²) < 4.78 is 5.70. The molecule has 2 N–H and O–H groups in total. The maximum Gasteiger partial charge on any atom is 0.131 e. The van der Waals surface area contributed by atoms with Crippen LogP contribution in [0.25, 0.3) is 10.9 Å². The lowest BCUT2D eigenvalue weighted by Crippen LogP contribution is -2.28. The Bertz CT molecular complexity index is 567. The molecule has 2 heterocycles. The van der Waals surface area contributed by atoms with E-state index in [-0.39, 0.29) is 0 Å². The number of H-pyrrole nitrogens is 1. The third kappa shape index (κ3) is 2.35. The number of aromatic amines is 1. The van der Waals surface area contributed by atoms with Gasteiger partial charge in [0.15, 0.2) is 0 Å². The zero-order valence-electron chi connectivity index (χ0n) is 11.8. The third-order valence-electron chi connectivity index (χ3n) is 4.25. The van der Waals surface area contributed by atoms with Crippen LogP contribution in [0.2, 0.25) is 0 Å². The summed E-state index contributed by atoms with van der Waals surface area (Å²) in [5.41, 5.74) is 3.78. The highest BCUT2D eigenvalue weighted by molar-refractivity contribution is 5.90. The van der Waals surface area contributed by atoms with Crippen molar-refractivity contribution in [1.82, 2.24) is 10.3 Å². The van der Waals surface area contributed by atoms with E-state index in [0.717, 1.165) is 31.2 Å². The van der Waals surface area contributed by atoms with Gasteiger partial charge in [0.05, 0.1) is 7.11 Å². The molecule has 3 nitrogen and oxygen atoms in total. The van der Waals surface area contributed by atoms with Gasteiger partial charge in [-0.2, -0.15) is 0 Å². The van der Waals surface area contributed by atoms with E-state index in [9.17, 15) is 0 Å². The van der Waals surface area contributed by atoms with Gasteiger partial charge in [0.25, 0.3) is 0 Å². The van der Waals surface area contributed by atoms with E-state index in [1.165, 1.54) is 34.9 Å². The Balaban J connectivity index is 1.95. The molecule has 0 radical (unpaired) electrons. The smallest absolute Gasteiger partial charge is 0.131 e. The number of aryl methyl sites for hydroxylation is 1. The maximum atomic E-state index is 5.70. The first-order valence-electron chi connectivity index (χ1n) is 7.14. The summed E-state index contributed by atoms with van der Waals surface area (Å²) in [5, 5.41) is 4.67. The van der Waals surface area contributed by atoms with Crippen LogP contribution in [0, 0.1) is 12.8 Å². The Morgan fingerprint density at radius 2 is 2.05 bits per heavy atom. The highest BCUT2D eigenvalue weighted by atomic mass is 16.5. The number of hydrogen-bond donors (Lipinski definition) is 2. The molecule has 0 amide bonds. The molecule has 2 aromatic rings. The van der Waals surface area contributed by atoms with Crippen LogP contribution in [-0.2, 0) is 6.42 Å². The molecule has 1 fully saturated rings. The van der Waals surface area contributed by atoms with Gasteiger partial charge in [-0.15, -0.1) is 0 Å². The molecule has 3 heteroatoms. The second-order valence-electron chi connectivity index (χ2n) is 5.55. The highest BCUT2D eigenvalue weighted by Gasteiger charge is 2.18. The first-order chi connectivity index (χ1) is 9.29. The molecule has 0 unspecified atom stereocenters. The van der Waals surface area contributed by atoms with Gasteiger partial charge in [-0.1, -0.05) is 6.07 Å². The highest BCUT2D eigenvalue weighted by Crippen LogP contribution is 2.34. The fraction of sp³-hybridized carbons (Fsp3) is 0.500. The predicted octanol–water partition coefficient (Wildman–Crippen LogP) is 3.03. The van der Waals surface area contributed by atoms with Crippen LogP contribution in [0.3, 0.4) is 0 Å². The van der Waals surface area contributed by atoms with Gasteiger partial charge in [-0.05, 0) is 62.4 Å². The molecule has 102 valence electrons. The summed E-state index contributed by atoms with van der Waals surface area (Å²) in [5.74, 6) is 1.85. The molecule has 3 rings (SSSR count). The van der Waals surface area contributed by atoms with Crippen molar-refractivity contribution in [2.75, 3.05) is 20.2 Å². The van der Waals surface area contributed by atoms with Crippen molar-refractivity contribution in [3.8, 4) is 5.75 Å².